The summed E-state index contributed by atoms with van der Waals surface area (Å²) in [7, 11) is -3.59. The van der Waals surface area contributed by atoms with Crippen LogP contribution in [0.15, 0.2) is 48.5 Å². The van der Waals surface area contributed by atoms with Gasteiger partial charge in [0.2, 0.25) is 21.8 Å². The van der Waals surface area contributed by atoms with Gasteiger partial charge in [0.15, 0.2) is 0 Å². The van der Waals surface area contributed by atoms with E-state index in [1.165, 1.54) is 21.3 Å². The van der Waals surface area contributed by atoms with Gasteiger partial charge in [0, 0.05) is 25.6 Å². The first-order valence-corrected chi connectivity index (χ1v) is 15.5. The maximum absolute atomic E-state index is 13.5. The molecule has 0 saturated heterocycles. The highest BCUT2D eigenvalue weighted by molar-refractivity contribution is 7.92. The van der Waals surface area contributed by atoms with Crippen molar-refractivity contribution in [3.05, 3.63) is 59.9 Å². The van der Waals surface area contributed by atoms with E-state index in [0.29, 0.717) is 23.6 Å². The predicted octanol–water partition coefficient (Wildman–Crippen LogP) is 4.64. The maximum Gasteiger partial charge on any atom is 0.242 e. The Hall–Kier alpha value is -3.14. The minimum atomic E-state index is -3.59. The summed E-state index contributed by atoms with van der Waals surface area (Å²) < 4.78 is 45.2. The fraction of sp³-hybridized carbons (Fsp3) is 0.517. The topological polar surface area (TPSA) is 96.0 Å². The highest BCUT2D eigenvalue weighted by Crippen LogP contribution is 2.23. The summed E-state index contributed by atoms with van der Waals surface area (Å²) in [4.78, 5) is 28.0. The van der Waals surface area contributed by atoms with Crippen molar-refractivity contribution in [3.63, 3.8) is 0 Å². The Morgan fingerprint density at radius 1 is 1.05 bits per heavy atom. The van der Waals surface area contributed by atoms with Crippen molar-refractivity contribution in [2.24, 2.45) is 0 Å². The molecule has 0 bridgehead atoms. The maximum atomic E-state index is 13.5. The number of nitrogens with zero attached hydrogens (tertiary/aromatic N) is 2. The Morgan fingerprint density at radius 2 is 1.69 bits per heavy atom. The van der Waals surface area contributed by atoms with E-state index >= 15 is 0 Å². The Bertz CT molecular complexity index is 1180. The summed E-state index contributed by atoms with van der Waals surface area (Å²) in [6.07, 6.45) is 6.60. The predicted molar refractivity (Wildman–Crippen MR) is 150 cm³/mol. The molecule has 214 valence electrons. The molecule has 0 radical (unpaired) electrons. The van der Waals surface area contributed by atoms with Crippen LogP contribution < -0.4 is 14.4 Å². The fourth-order valence-corrected chi connectivity index (χ4v) is 5.78. The van der Waals surface area contributed by atoms with Gasteiger partial charge in [-0.25, -0.2) is 12.8 Å². The third kappa shape index (κ3) is 9.23. The molecule has 0 aromatic heterocycles. The Balaban J connectivity index is 1.70. The molecule has 1 aliphatic rings. The highest BCUT2D eigenvalue weighted by atomic mass is 32.2. The average molecular weight is 562 g/mol. The van der Waals surface area contributed by atoms with Crippen molar-refractivity contribution < 1.29 is 27.1 Å². The number of carbonyl (C=O) groups excluding carboxylic acids is 2. The van der Waals surface area contributed by atoms with E-state index in [0.717, 1.165) is 38.4 Å². The molecule has 1 aliphatic carbocycles. The van der Waals surface area contributed by atoms with Crippen molar-refractivity contribution in [2.75, 3.05) is 23.7 Å². The second-order valence-electron chi connectivity index (χ2n) is 10.0. The van der Waals surface area contributed by atoms with Crippen LogP contribution in [-0.2, 0) is 26.2 Å². The third-order valence-corrected chi connectivity index (χ3v) is 8.17. The van der Waals surface area contributed by atoms with E-state index < -0.39 is 16.1 Å². The van der Waals surface area contributed by atoms with Gasteiger partial charge in [-0.15, -0.1) is 0 Å². The van der Waals surface area contributed by atoms with E-state index in [1.807, 2.05) is 6.92 Å². The number of anilines is 1. The number of hydrogen-bond donors (Lipinski definition) is 1. The largest absolute Gasteiger partial charge is 0.494 e. The SMILES string of the molecule is CCOc1ccc(N(CCCC(=O)N(Cc2ccc(F)cc2)C(C)C(=O)NC2CCCCC2)S(C)(=O)=O)cc1. The second kappa shape index (κ2) is 14.3. The molecular weight excluding hydrogens is 521 g/mol. The molecule has 10 heteroatoms. The van der Waals surface area contributed by atoms with Crippen LogP contribution >= 0.6 is 0 Å². The first-order chi connectivity index (χ1) is 18.6. The van der Waals surface area contributed by atoms with Crippen LogP contribution in [-0.4, -0.2) is 56.6 Å². The van der Waals surface area contributed by atoms with Crippen molar-refractivity contribution in [1.29, 1.82) is 0 Å². The number of benzene rings is 2. The minimum Gasteiger partial charge on any atom is -0.494 e. The number of sulfonamides is 1. The van der Waals surface area contributed by atoms with Gasteiger partial charge in [-0.3, -0.25) is 13.9 Å². The Morgan fingerprint density at radius 3 is 2.28 bits per heavy atom. The van der Waals surface area contributed by atoms with Gasteiger partial charge < -0.3 is 15.0 Å². The summed E-state index contributed by atoms with van der Waals surface area (Å²) in [5.41, 5.74) is 1.19. The van der Waals surface area contributed by atoms with Gasteiger partial charge in [-0.05, 0) is 75.1 Å². The summed E-state index contributed by atoms with van der Waals surface area (Å²) in [5, 5.41) is 3.09. The number of rotatable bonds is 13. The normalized spacial score (nSPS) is 14.9. The molecule has 1 N–H and O–H groups in total. The van der Waals surface area contributed by atoms with E-state index in [2.05, 4.69) is 5.32 Å². The van der Waals surface area contributed by atoms with Crippen LogP contribution in [0.1, 0.15) is 64.4 Å². The van der Waals surface area contributed by atoms with Crippen LogP contribution in [0.2, 0.25) is 0 Å². The lowest BCUT2D eigenvalue weighted by Crippen LogP contribution is -2.50. The van der Waals surface area contributed by atoms with Gasteiger partial charge in [0.1, 0.15) is 17.6 Å². The van der Waals surface area contributed by atoms with E-state index in [-0.39, 0.29) is 49.6 Å². The first kappa shape index (κ1) is 30.4. The molecule has 8 nitrogen and oxygen atoms in total. The lowest BCUT2D eigenvalue weighted by molar-refractivity contribution is -0.141. The number of carbonyl (C=O) groups is 2. The molecule has 1 unspecified atom stereocenters. The minimum absolute atomic E-state index is 0.0469. The summed E-state index contributed by atoms with van der Waals surface area (Å²) >= 11 is 0. The van der Waals surface area contributed by atoms with Crippen molar-refractivity contribution >= 4 is 27.5 Å². The Kier molecular flexibility index (Phi) is 11.2. The van der Waals surface area contributed by atoms with Crippen molar-refractivity contribution in [1.82, 2.24) is 10.2 Å². The van der Waals surface area contributed by atoms with E-state index in [9.17, 15) is 22.4 Å². The van der Waals surface area contributed by atoms with Crippen molar-refractivity contribution in [2.45, 2.75) is 77.4 Å². The van der Waals surface area contributed by atoms with E-state index in [4.69, 9.17) is 4.74 Å². The third-order valence-electron chi connectivity index (χ3n) is 6.97. The zero-order chi connectivity index (χ0) is 28.4. The molecule has 39 heavy (non-hydrogen) atoms. The monoisotopic (exact) mass is 561 g/mol. The smallest absolute Gasteiger partial charge is 0.242 e. The van der Waals surface area contributed by atoms with Gasteiger partial charge in [-0.2, -0.15) is 0 Å². The molecule has 2 aromatic carbocycles. The van der Waals surface area contributed by atoms with Gasteiger partial charge in [0.05, 0.1) is 18.6 Å². The zero-order valence-electron chi connectivity index (χ0n) is 23.1. The summed E-state index contributed by atoms with van der Waals surface area (Å²) in [5.74, 6) is -0.230. The molecule has 1 saturated carbocycles. The van der Waals surface area contributed by atoms with Crippen LogP contribution in [0.5, 0.6) is 5.75 Å². The number of hydrogen-bond acceptors (Lipinski definition) is 5. The van der Waals surface area contributed by atoms with Gasteiger partial charge in [-0.1, -0.05) is 31.4 Å². The average Bonchev–Trinajstić information content (AvgIpc) is 2.91. The lowest BCUT2D eigenvalue weighted by atomic mass is 9.95. The van der Waals surface area contributed by atoms with Crippen LogP contribution in [0.4, 0.5) is 10.1 Å². The van der Waals surface area contributed by atoms with Gasteiger partial charge >= 0.3 is 0 Å². The highest BCUT2D eigenvalue weighted by Gasteiger charge is 2.28. The molecule has 0 aliphatic heterocycles. The van der Waals surface area contributed by atoms with E-state index in [1.54, 1.807) is 43.3 Å². The quantitative estimate of drug-likeness (QED) is 0.385. The molecule has 2 amide bonds. The summed E-state index contributed by atoms with van der Waals surface area (Å²) in [6, 6.07) is 12.0. The number of nitrogens with one attached hydrogen (secondary N) is 1. The standard InChI is InChI=1S/C29H40FN3O5S/c1-4-38-27-18-16-26(17-19-27)33(39(3,36)37)20-8-11-28(34)32(21-23-12-14-24(30)15-13-23)22(2)29(35)31-25-9-6-5-7-10-25/h12-19,22,25H,4-11,20-21H2,1-3H3,(H,31,35). The van der Waals surface area contributed by atoms with Crippen molar-refractivity contribution in [3.8, 4) is 5.75 Å². The number of amides is 2. The molecule has 1 atom stereocenters. The van der Waals surface area contributed by atoms with Crippen LogP contribution in [0.3, 0.4) is 0 Å². The summed E-state index contributed by atoms with van der Waals surface area (Å²) in [6.45, 7) is 4.32. The molecule has 0 spiro atoms. The molecular formula is C29H40FN3O5S. The number of ether oxygens (including phenoxy) is 1. The molecule has 0 heterocycles. The molecule has 2 aromatic rings. The van der Waals surface area contributed by atoms with Gasteiger partial charge in [0.25, 0.3) is 0 Å². The van der Waals surface area contributed by atoms with Crippen LogP contribution in [0.25, 0.3) is 0 Å². The molecule has 1 fully saturated rings. The van der Waals surface area contributed by atoms with Crippen LogP contribution in [0, 0.1) is 5.82 Å². The first-order valence-electron chi connectivity index (χ1n) is 13.6. The fourth-order valence-electron chi connectivity index (χ4n) is 4.82. The molecule has 3 rings (SSSR count). The second-order valence-corrected chi connectivity index (χ2v) is 11.9. The zero-order valence-corrected chi connectivity index (χ0v) is 23.9. The number of halogens is 1. The lowest BCUT2D eigenvalue weighted by Gasteiger charge is -2.31. The Labute approximate surface area is 231 Å².